The van der Waals surface area contributed by atoms with E-state index in [9.17, 15) is 19.1 Å². The molecular formula is C15H18BrFN2O3. The van der Waals surface area contributed by atoms with E-state index in [4.69, 9.17) is 0 Å². The summed E-state index contributed by atoms with van der Waals surface area (Å²) in [5, 5.41) is 11.7. The monoisotopic (exact) mass is 372 g/mol. The Bertz CT molecular complexity index is 568. The predicted molar refractivity (Wildman–Crippen MR) is 84.2 cm³/mol. The lowest BCUT2D eigenvalue weighted by Gasteiger charge is -2.32. The maximum atomic E-state index is 13.6. The molecule has 0 aromatic heterocycles. The van der Waals surface area contributed by atoms with E-state index < -0.39 is 17.8 Å². The molecule has 22 heavy (non-hydrogen) atoms. The molecule has 120 valence electrons. The van der Waals surface area contributed by atoms with E-state index in [2.05, 4.69) is 21.2 Å². The maximum Gasteiger partial charge on any atom is 0.320 e. The Balaban J connectivity index is 1.88. The van der Waals surface area contributed by atoms with Crippen molar-refractivity contribution in [1.29, 1.82) is 0 Å². The van der Waals surface area contributed by atoms with Crippen LogP contribution in [0.2, 0.25) is 0 Å². The number of nitrogens with zero attached hydrogens (tertiary/aromatic N) is 1. The Labute approximate surface area is 136 Å². The summed E-state index contributed by atoms with van der Waals surface area (Å²) in [7, 11) is 0. The highest BCUT2D eigenvalue weighted by molar-refractivity contribution is 9.10. The number of rotatable bonds is 5. The molecule has 1 aliphatic heterocycles. The van der Waals surface area contributed by atoms with Gasteiger partial charge < -0.3 is 10.4 Å². The number of likely N-dealkylation sites (tertiary alicyclic amines) is 1. The van der Waals surface area contributed by atoms with Crippen molar-refractivity contribution >= 4 is 33.5 Å². The summed E-state index contributed by atoms with van der Waals surface area (Å²) in [6, 6.07) is 3.88. The Kier molecular flexibility index (Phi) is 5.90. The van der Waals surface area contributed by atoms with Crippen LogP contribution in [0.3, 0.4) is 0 Å². The molecule has 0 saturated carbocycles. The fraction of sp³-hybridized carbons (Fsp3) is 0.467. The number of hydrogen-bond acceptors (Lipinski definition) is 3. The van der Waals surface area contributed by atoms with Crippen LogP contribution < -0.4 is 5.32 Å². The van der Waals surface area contributed by atoms with Crippen LogP contribution in [0.25, 0.3) is 0 Å². The Hall–Kier alpha value is -1.47. The van der Waals surface area contributed by atoms with Crippen LogP contribution in [-0.4, -0.2) is 41.0 Å². The van der Waals surface area contributed by atoms with Crippen LogP contribution in [0.15, 0.2) is 22.7 Å². The maximum absolute atomic E-state index is 13.6. The number of amides is 1. The molecule has 0 spiro atoms. The quantitative estimate of drug-likeness (QED) is 0.833. The summed E-state index contributed by atoms with van der Waals surface area (Å²) in [4.78, 5) is 24.9. The topological polar surface area (TPSA) is 69.6 Å². The van der Waals surface area contributed by atoms with Gasteiger partial charge in [-0.1, -0.05) is 22.4 Å². The largest absolute Gasteiger partial charge is 0.480 e. The number of hydrogen-bond donors (Lipinski definition) is 2. The van der Waals surface area contributed by atoms with Crippen molar-refractivity contribution in [2.75, 3.05) is 18.4 Å². The summed E-state index contributed by atoms with van der Waals surface area (Å²) < 4.78 is 14.2. The Morgan fingerprint density at radius 2 is 2.18 bits per heavy atom. The zero-order chi connectivity index (χ0) is 16.1. The first-order chi connectivity index (χ1) is 10.5. The van der Waals surface area contributed by atoms with Gasteiger partial charge in [0.05, 0.1) is 5.69 Å². The molecule has 1 aromatic rings. The van der Waals surface area contributed by atoms with Gasteiger partial charge in [0.15, 0.2) is 0 Å². The number of piperidine rings is 1. The zero-order valence-corrected chi connectivity index (χ0v) is 13.6. The fourth-order valence-electron chi connectivity index (χ4n) is 2.59. The molecule has 0 aliphatic carbocycles. The molecule has 7 heteroatoms. The summed E-state index contributed by atoms with van der Waals surface area (Å²) >= 11 is 3.15. The smallest absolute Gasteiger partial charge is 0.320 e. The van der Waals surface area contributed by atoms with E-state index in [1.165, 1.54) is 12.1 Å². The molecule has 1 amide bonds. The van der Waals surface area contributed by atoms with Crippen molar-refractivity contribution < 1.29 is 19.1 Å². The van der Waals surface area contributed by atoms with Gasteiger partial charge in [-0.15, -0.1) is 0 Å². The molecule has 1 atom stereocenters. The van der Waals surface area contributed by atoms with Crippen molar-refractivity contribution in [2.24, 2.45) is 0 Å². The summed E-state index contributed by atoms with van der Waals surface area (Å²) in [5.41, 5.74) is 0.127. The standard InChI is InChI=1S/C15H18BrFN2O3/c16-10-4-5-12(11(17)9-10)18-14(20)6-8-19-7-2-1-3-13(19)15(21)22/h4-5,9,13H,1-3,6-8H2,(H,18,20)(H,21,22). The molecule has 1 heterocycles. The second-order valence-electron chi connectivity index (χ2n) is 5.31. The third-order valence-electron chi connectivity index (χ3n) is 3.73. The van der Waals surface area contributed by atoms with Crippen molar-refractivity contribution in [3.05, 3.63) is 28.5 Å². The number of carbonyl (C=O) groups excluding carboxylic acids is 1. The highest BCUT2D eigenvalue weighted by Gasteiger charge is 2.28. The van der Waals surface area contributed by atoms with Gasteiger partial charge in [-0.25, -0.2) is 4.39 Å². The molecule has 1 unspecified atom stereocenters. The number of anilines is 1. The van der Waals surface area contributed by atoms with Crippen LogP contribution in [0, 0.1) is 5.82 Å². The van der Waals surface area contributed by atoms with E-state index >= 15 is 0 Å². The Morgan fingerprint density at radius 3 is 2.86 bits per heavy atom. The van der Waals surface area contributed by atoms with Crippen LogP contribution in [0.1, 0.15) is 25.7 Å². The third-order valence-corrected chi connectivity index (χ3v) is 4.22. The van der Waals surface area contributed by atoms with E-state index in [0.717, 1.165) is 12.8 Å². The average molecular weight is 373 g/mol. The van der Waals surface area contributed by atoms with Crippen molar-refractivity contribution in [1.82, 2.24) is 4.90 Å². The second-order valence-corrected chi connectivity index (χ2v) is 6.22. The minimum atomic E-state index is -0.848. The number of benzene rings is 1. The number of aliphatic carboxylic acids is 1. The van der Waals surface area contributed by atoms with Crippen LogP contribution in [0.5, 0.6) is 0 Å². The van der Waals surface area contributed by atoms with Crippen LogP contribution in [-0.2, 0) is 9.59 Å². The highest BCUT2D eigenvalue weighted by atomic mass is 79.9. The first-order valence-electron chi connectivity index (χ1n) is 7.19. The van der Waals surface area contributed by atoms with E-state index in [-0.39, 0.29) is 18.0 Å². The molecule has 5 nitrogen and oxygen atoms in total. The molecule has 1 fully saturated rings. The first kappa shape index (κ1) is 16.9. The van der Waals surface area contributed by atoms with E-state index in [1.54, 1.807) is 6.07 Å². The minimum absolute atomic E-state index is 0.127. The molecule has 1 aromatic carbocycles. The van der Waals surface area contributed by atoms with Gasteiger partial charge in [-0.2, -0.15) is 0 Å². The predicted octanol–water partition coefficient (Wildman–Crippen LogP) is 2.86. The average Bonchev–Trinajstić information content (AvgIpc) is 2.48. The molecule has 0 bridgehead atoms. The lowest BCUT2D eigenvalue weighted by atomic mass is 10.0. The summed E-state index contributed by atoms with van der Waals surface area (Å²) in [5.74, 6) is -1.68. The lowest BCUT2D eigenvalue weighted by molar-refractivity contribution is -0.144. The van der Waals surface area contributed by atoms with Crippen LogP contribution >= 0.6 is 15.9 Å². The van der Waals surface area contributed by atoms with E-state index in [0.29, 0.717) is 24.0 Å². The van der Waals surface area contributed by atoms with Gasteiger partial charge in [0.25, 0.3) is 0 Å². The second kappa shape index (κ2) is 7.69. The first-order valence-corrected chi connectivity index (χ1v) is 7.98. The van der Waals surface area contributed by atoms with E-state index in [1.807, 2.05) is 4.90 Å². The fourth-order valence-corrected chi connectivity index (χ4v) is 2.92. The normalized spacial score (nSPS) is 18.9. The summed E-state index contributed by atoms with van der Waals surface area (Å²) in [6.07, 6.45) is 2.58. The number of nitrogens with one attached hydrogen (secondary N) is 1. The highest BCUT2D eigenvalue weighted by Crippen LogP contribution is 2.20. The van der Waals surface area contributed by atoms with Crippen molar-refractivity contribution in [3.63, 3.8) is 0 Å². The molecular weight excluding hydrogens is 355 g/mol. The van der Waals surface area contributed by atoms with Gasteiger partial charge >= 0.3 is 5.97 Å². The summed E-state index contributed by atoms with van der Waals surface area (Å²) in [6.45, 7) is 1.04. The van der Waals surface area contributed by atoms with Gasteiger partial charge in [-0.05, 0) is 37.6 Å². The Morgan fingerprint density at radius 1 is 1.41 bits per heavy atom. The third kappa shape index (κ3) is 4.51. The van der Waals surface area contributed by atoms with Crippen LogP contribution in [0.4, 0.5) is 10.1 Å². The zero-order valence-electron chi connectivity index (χ0n) is 12.0. The van der Waals surface area contributed by atoms with Gasteiger partial charge in [-0.3, -0.25) is 14.5 Å². The molecule has 2 rings (SSSR count). The number of carboxylic acids is 1. The molecule has 1 saturated heterocycles. The molecule has 1 aliphatic rings. The number of carbonyl (C=O) groups is 2. The number of halogens is 2. The minimum Gasteiger partial charge on any atom is -0.480 e. The van der Waals surface area contributed by atoms with Gasteiger partial charge in [0, 0.05) is 17.4 Å². The van der Waals surface area contributed by atoms with Gasteiger partial charge in [0.2, 0.25) is 5.91 Å². The lowest BCUT2D eigenvalue weighted by Crippen LogP contribution is -2.45. The SMILES string of the molecule is O=C(CCN1CCCCC1C(=O)O)Nc1ccc(Br)cc1F. The molecule has 0 radical (unpaired) electrons. The molecule has 2 N–H and O–H groups in total. The van der Waals surface area contributed by atoms with Crippen molar-refractivity contribution in [2.45, 2.75) is 31.7 Å². The number of carboxylic acid groups (broad SMARTS) is 1. The van der Waals surface area contributed by atoms with Crippen molar-refractivity contribution in [3.8, 4) is 0 Å². The van der Waals surface area contributed by atoms with Gasteiger partial charge in [0.1, 0.15) is 11.9 Å².